The number of ether oxygens (including phenoxy) is 1. The molecule has 0 saturated carbocycles. The molecule has 2 aromatic carbocycles. The SMILES string of the molecule is Cc1cc([C@@H](C)OC[C@@]2(c3ccccc3)CC[C@H](NC(=O)CN(C)C)CN2)cc(C(F)(F)F)c1. The highest BCUT2D eigenvalue weighted by molar-refractivity contribution is 5.78. The predicted octanol–water partition coefficient (Wildman–Crippen LogP) is 4.42. The fourth-order valence-corrected chi connectivity index (χ4v) is 4.40. The van der Waals surface area contributed by atoms with Gasteiger partial charge >= 0.3 is 6.18 Å². The van der Waals surface area contributed by atoms with Crippen molar-refractivity contribution in [2.24, 2.45) is 0 Å². The third-order valence-electron chi connectivity index (χ3n) is 6.23. The minimum absolute atomic E-state index is 0.00725. The maximum atomic E-state index is 13.3. The summed E-state index contributed by atoms with van der Waals surface area (Å²) < 4.78 is 46.0. The van der Waals surface area contributed by atoms with Crippen LogP contribution in [-0.4, -0.2) is 50.6 Å². The maximum Gasteiger partial charge on any atom is 0.416 e. The summed E-state index contributed by atoms with van der Waals surface area (Å²) in [5.74, 6) is -0.0196. The fraction of sp³-hybridized carbons (Fsp3) is 0.500. The number of amides is 1. The van der Waals surface area contributed by atoms with E-state index in [1.54, 1.807) is 19.9 Å². The van der Waals surface area contributed by atoms with E-state index in [9.17, 15) is 18.0 Å². The van der Waals surface area contributed by atoms with Gasteiger partial charge in [-0.05, 0) is 64.0 Å². The summed E-state index contributed by atoms with van der Waals surface area (Å²) in [6.45, 7) is 4.64. The second-order valence-corrected chi connectivity index (χ2v) is 9.45. The Kier molecular flexibility index (Phi) is 8.38. The zero-order valence-electron chi connectivity index (χ0n) is 20.2. The highest BCUT2D eigenvalue weighted by atomic mass is 19.4. The van der Waals surface area contributed by atoms with E-state index in [2.05, 4.69) is 10.6 Å². The summed E-state index contributed by atoms with van der Waals surface area (Å²) in [7, 11) is 3.70. The second-order valence-electron chi connectivity index (χ2n) is 9.45. The lowest BCUT2D eigenvalue weighted by atomic mass is 9.81. The molecule has 0 bridgehead atoms. The minimum atomic E-state index is -4.40. The van der Waals surface area contributed by atoms with E-state index >= 15 is 0 Å². The molecule has 1 fully saturated rings. The van der Waals surface area contributed by atoms with Crippen LogP contribution in [0.15, 0.2) is 48.5 Å². The summed E-state index contributed by atoms with van der Waals surface area (Å²) in [6, 6.07) is 14.0. The van der Waals surface area contributed by atoms with Gasteiger partial charge in [-0.15, -0.1) is 0 Å². The Morgan fingerprint density at radius 1 is 1.24 bits per heavy atom. The Balaban J connectivity index is 1.73. The molecule has 34 heavy (non-hydrogen) atoms. The molecule has 0 spiro atoms. The van der Waals surface area contributed by atoms with Gasteiger partial charge in [0, 0.05) is 12.6 Å². The number of nitrogens with zero attached hydrogens (tertiary/aromatic N) is 1. The number of halogens is 3. The van der Waals surface area contributed by atoms with Crippen LogP contribution in [0.4, 0.5) is 13.2 Å². The lowest BCUT2D eigenvalue weighted by Gasteiger charge is -2.42. The highest BCUT2D eigenvalue weighted by Gasteiger charge is 2.38. The number of likely N-dealkylation sites (N-methyl/N-ethyl adjacent to an activating group) is 1. The van der Waals surface area contributed by atoms with Gasteiger partial charge in [0.15, 0.2) is 0 Å². The number of aryl methyl sites for hydroxylation is 1. The van der Waals surface area contributed by atoms with E-state index < -0.39 is 23.4 Å². The standard InChI is InChI=1S/C26H34F3N3O2/c1-18-12-20(14-22(13-18)26(27,28)29)19(2)34-17-25(21-8-6-5-7-9-21)11-10-23(15-30-25)31-24(33)16-32(3)4/h5-9,12-14,19,23,30H,10-11,15-17H2,1-4H3,(H,31,33)/t19-,23+,25-/m1/s1. The molecule has 5 nitrogen and oxygen atoms in total. The van der Waals surface area contributed by atoms with Crippen LogP contribution in [0.25, 0.3) is 0 Å². The Hall–Kier alpha value is -2.42. The zero-order valence-corrected chi connectivity index (χ0v) is 20.2. The molecule has 0 aromatic heterocycles. The lowest BCUT2D eigenvalue weighted by molar-refractivity contribution is -0.137. The molecular formula is C26H34F3N3O2. The molecule has 1 heterocycles. The van der Waals surface area contributed by atoms with Gasteiger partial charge in [0.05, 0.1) is 30.4 Å². The number of carbonyl (C=O) groups excluding carboxylic acids is 1. The monoisotopic (exact) mass is 477 g/mol. The van der Waals surface area contributed by atoms with E-state index in [1.807, 2.05) is 49.3 Å². The molecule has 3 atom stereocenters. The van der Waals surface area contributed by atoms with Gasteiger partial charge in [0.2, 0.25) is 5.91 Å². The molecule has 8 heteroatoms. The van der Waals surface area contributed by atoms with Crippen LogP contribution in [0.1, 0.15) is 48.1 Å². The third kappa shape index (κ3) is 6.81. The van der Waals surface area contributed by atoms with Crippen molar-refractivity contribution in [2.45, 2.75) is 50.6 Å². The molecule has 1 amide bonds. The average Bonchev–Trinajstić information content (AvgIpc) is 2.77. The summed E-state index contributed by atoms with van der Waals surface area (Å²) in [6.07, 6.45) is -3.43. The number of carbonyl (C=O) groups is 1. The minimum Gasteiger partial charge on any atom is -0.372 e. The molecule has 1 aliphatic heterocycles. The molecule has 0 unspecified atom stereocenters. The number of rotatable bonds is 8. The van der Waals surface area contributed by atoms with Crippen molar-refractivity contribution in [3.63, 3.8) is 0 Å². The summed E-state index contributed by atoms with van der Waals surface area (Å²) in [4.78, 5) is 14.0. The number of hydrogen-bond donors (Lipinski definition) is 2. The third-order valence-corrected chi connectivity index (χ3v) is 6.23. The molecule has 2 N–H and O–H groups in total. The van der Waals surface area contributed by atoms with Gasteiger partial charge < -0.3 is 20.3 Å². The number of nitrogens with one attached hydrogen (secondary N) is 2. The van der Waals surface area contributed by atoms with Crippen molar-refractivity contribution in [1.82, 2.24) is 15.5 Å². The van der Waals surface area contributed by atoms with E-state index in [-0.39, 0.29) is 11.9 Å². The number of piperidine rings is 1. The number of alkyl halides is 3. The molecular weight excluding hydrogens is 443 g/mol. The zero-order chi connectivity index (χ0) is 24.9. The predicted molar refractivity (Wildman–Crippen MR) is 126 cm³/mol. The van der Waals surface area contributed by atoms with E-state index in [0.717, 1.165) is 30.5 Å². The van der Waals surface area contributed by atoms with Crippen molar-refractivity contribution in [2.75, 3.05) is 33.8 Å². The Morgan fingerprint density at radius 3 is 2.53 bits per heavy atom. The maximum absolute atomic E-state index is 13.3. The first-order chi connectivity index (χ1) is 16.0. The summed E-state index contributed by atoms with van der Waals surface area (Å²) in [5, 5.41) is 6.64. The molecule has 3 rings (SSSR count). The van der Waals surface area contributed by atoms with Crippen LogP contribution in [0.2, 0.25) is 0 Å². The quantitative estimate of drug-likeness (QED) is 0.591. The van der Waals surface area contributed by atoms with Crippen LogP contribution in [0.3, 0.4) is 0 Å². The Bertz CT molecular complexity index is 956. The van der Waals surface area contributed by atoms with Crippen molar-refractivity contribution >= 4 is 5.91 Å². The van der Waals surface area contributed by atoms with Crippen molar-refractivity contribution in [3.8, 4) is 0 Å². The first kappa shape index (κ1) is 26.2. The van der Waals surface area contributed by atoms with E-state index in [0.29, 0.717) is 30.8 Å². The second kappa shape index (κ2) is 10.9. The summed E-state index contributed by atoms with van der Waals surface area (Å²) in [5.41, 5.74) is 0.947. The first-order valence-corrected chi connectivity index (χ1v) is 11.5. The molecule has 1 aliphatic rings. The van der Waals surface area contributed by atoms with Crippen LogP contribution in [-0.2, 0) is 21.2 Å². The van der Waals surface area contributed by atoms with Gasteiger partial charge in [0.25, 0.3) is 0 Å². The smallest absolute Gasteiger partial charge is 0.372 e. The van der Waals surface area contributed by atoms with Crippen LogP contribution in [0, 0.1) is 6.92 Å². The van der Waals surface area contributed by atoms with Crippen molar-refractivity contribution in [3.05, 3.63) is 70.8 Å². The van der Waals surface area contributed by atoms with E-state index in [1.165, 1.54) is 0 Å². The van der Waals surface area contributed by atoms with Crippen LogP contribution < -0.4 is 10.6 Å². The van der Waals surface area contributed by atoms with Crippen LogP contribution in [0.5, 0.6) is 0 Å². The molecule has 186 valence electrons. The van der Waals surface area contributed by atoms with Crippen molar-refractivity contribution < 1.29 is 22.7 Å². The fourth-order valence-electron chi connectivity index (χ4n) is 4.40. The van der Waals surface area contributed by atoms with Crippen LogP contribution >= 0.6 is 0 Å². The van der Waals surface area contributed by atoms with Gasteiger partial charge in [-0.3, -0.25) is 4.79 Å². The average molecular weight is 478 g/mol. The van der Waals surface area contributed by atoms with Crippen molar-refractivity contribution in [1.29, 1.82) is 0 Å². The largest absolute Gasteiger partial charge is 0.416 e. The van der Waals surface area contributed by atoms with Gasteiger partial charge in [0.1, 0.15) is 0 Å². The van der Waals surface area contributed by atoms with Gasteiger partial charge in [-0.1, -0.05) is 42.0 Å². The summed E-state index contributed by atoms with van der Waals surface area (Å²) >= 11 is 0. The Morgan fingerprint density at radius 2 is 1.94 bits per heavy atom. The molecule has 0 aliphatic carbocycles. The van der Waals surface area contributed by atoms with Gasteiger partial charge in [-0.2, -0.15) is 13.2 Å². The number of hydrogen-bond acceptors (Lipinski definition) is 4. The van der Waals surface area contributed by atoms with E-state index in [4.69, 9.17) is 4.74 Å². The molecule has 0 radical (unpaired) electrons. The first-order valence-electron chi connectivity index (χ1n) is 11.5. The number of benzene rings is 2. The molecule has 1 saturated heterocycles. The highest BCUT2D eigenvalue weighted by Crippen LogP contribution is 2.35. The van der Waals surface area contributed by atoms with Gasteiger partial charge in [-0.25, -0.2) is 0 Å². The topological polar surface area (TPSA) is 53.6 Å². The Labute approximate surface area is 199 Å². The normalized spacial score (nSPS) is 21.9. The lowest BCUT2D eigenvalue weighted by Crippen LogP contribution is -2.57. The molecule has 2 aromatic rings.